The highest BCUT2D eigenvalue weighted by atomic mass is 16.5. The summed E-state index contributed by atoms with van der Waals surface area (Å²) in [5, 5.41) is 15.8. The summed E-state index contributed by atoms with van der Waals surface area (Å²) in [7, 11) is 3.09. The summed E-state index contributed by atoms with van der Waals surface area (Å²) < 4.78 is 9.10. The topological polar surface area (TPSA) is 66.0 Å². The third-order valence-electron chi connectivity index (χ3n) is 0.953. The lowest BCUT2D eigenvalue weighted by Gasteiger charge is -1.91. The molecule has 0 heterocycles. The average Bonchev–Trinajstić information content (AvgIpc) is 2.14. The van der Waals surface area contributed by atoms with Crippen LogP contribution in [0.4, 0.5) is 0 Å². The zero-order chi connectivity index (χ0) is 9.82. The van der Waals surface area contributed by atoms with Gasteiger partial charge in [0.15, 0.2) is 0 Å². The molecule has 1 unspecified atom stereocenters. The fourth-order valence-corrected chi connectivity index (χ4v) is 0.200. The molecule has 0 aliphatic carbocycles. The molecule has 4 heteroatoms. The van der Waals surface area contributed by atoms with Gasteiger partial charge in [-0.05, 0) is 6.92 Å². The predicted molar refractivity (Wildman–Crippen MR) is 44.2 cm³/mol. The molecule has 0 fully saturated rings. The SMILES string of the molecule is COC(C)C#N.COCCC#N. The molecule has 0 aromatic heterocycles. The van der Waals surface area contributed by atoms with Gasteiger partial charge in [0.1, 0.15) is 6.10 Å². The lowest BCUT2D eigenvalue weighted by Crippen LogP contribution is -1.97. The first kappa shape index (κ1) is 13.5. The molecule has 0 saturated heterocycles. The largest absolute Gasteiger partial charge is 0.384 e. The van der Waals surface area contributed by atoms with Crippen molar-refractivity contribution in [2.24, 2.45) is 0 Å². The summed E-state index contributed by atoms with van der Waals surface area (Å²) in [6.07, 6.45) is 0.237. The van der Waals surface area contributed by atoms with Crippen LogP contribution in [0.1, 0.15) is 13.3 Å². The first-order chi connectivity index (χ1) is 5.72. The maximum atomic E-state index is 7.96. The van der Waals surface area contributed by atoms with Crippen LogP contribution in [0.25, 0.3) is 0 Å². The van der Waals surface area contributed by atoms with Crippen molar-refractivity contribution in [1.29, 1.82) is 10.5 Å². The van der Waals surface area contributed by atoms with Gasteiger partial charge in [0, 0.05) is 14.2 Å². The highest BCUT2D eigenvalue weighted by Gasteiger charge is 1.88. The van der Waals surface area contributed by atoms with Gasteiger partial charge in [-0.25, -0.2) is 0 Å². The molecule has 0 saturated carbocycles. The second-order valence-electron chi connectivity index (χ2n) is 1.91. The van der Waals surface area contributed by atoms with Crippen LogP contribution < -0.4 is 0 Å². The fourth-order valence-electron chi connectivity index (χ4n) is 0.200. The first-order valence-corrected chi connectivity index (χ1v) is 3.51. The summed E-state index contributed by atoms with van der Waals surface area (Å²) in [5.74, 6) is 0. The highest BCUT2D eigenvalue weighted by Crippen LogP contribution is 1.78. The summed E-state index contributed by atoms with van der Waals surface area (Å²) in [5.41, 5.74) is 0. The lowest BCUT2D eigenvalue weighted by molar-refractivity contribution is 0.162. The van der Waals surface area contributed by atoms with Crippen LogP contribution in [0, 0.1) is 22.7 Å². The minimum atomic E-state index is -0.259. The molecule has 0 amide bonds. The van der Waals surface area contributed by atoms with E-state index < -0.39 is 0 Å². The van der Waals surface area contributed by atoms with Gasteiger partial charge in [-0.2, -0.15) is 10.5 Å². The van der Waals surface area contributed by atoms with Crippen LogP contribution >= 0.6 is 0 Å². The third kappa shape index (κ3) is 16.0. The van der Waals surface area contributed by atoms with Crippen molar-refractivity contribution in [2.75, 3.05) is 20.8 Å². The monoisotopic (exact) mass is 170 g/mol. The number of rotatable bonds is 3. The summed E-state index contributed by atoms with van der Waals surface area (Å²) in [6.45, 7) is 2.25. The van der Waals surface area contributed by atoms with E-state index in [1.807, 2.05) is 12.1 Å². The van der Waals surface area contributed by atoms with Gasteiger partial charge in [0.2, 0.25) is 0 Å². The second kappa shape index (κ2) is 12.6. The van der Waals surface area contributed by atoms with E-state index in [0.717, 1.165) is 0 Å². The van der Waals surface area contributed by atoms with Gasteiger partial charge in [-0.3, -0.25) is 0 Å². The Balaban J connectivity index is 0. The highest BCUT2D eigenvalue weighted by molar-refractivity contribution is 4.77. The smallest absolute Gasteiger partial charge is 0.140 e. The molecular weight excluding hydrogens is 156 g/mol. The maximum absolute atomic E-state index is 7.96. The number of hydrogen-bond donors (Lipinski definition) is 0. The molecule has 0 rings (SSSR count). The first-order valence-electron chi connectivity index (χ1n) is 3.51. The second-order valence-corrected chi connectivity index (χ2v) is 1.91. The molecule has 0 spiro atoms. The van der Waals surface area contributed by atoms with Gasteiger partial charge < -0.3 is 9.47 Å². The normalized spacial score (nSPS) is 10.1. The van der Waals surface area contributed by atoms with Crippen molar-refractivity contribution >= 4 is 0 Å². The Morgan fingerprint density at radius 3 is 2.00 bits per heavy atom. The van der Waals surface area contributed by atoms with E-state index in [4.69, 9.17) is 10.5 Å². The van der Waals surface area contributed by atoms with Crippen molar-refractivity contribution in [2.45, 2.75) is 19.4 Å². The molecule has 0 bridgehead atoms. The summed E-state index contributed by atoms with van der Waals surface area (Å²) in [6, 6.07) is 3.84. The van der Waals surface area contributed by atoms with Crippen LogP contribution in [0.5, 0.6) is 0 Å². The Kier molecular flexibility index (Phi) is 14.1. The molecule has 0 N–H and O–H groups in total. The van der Waals surface area contributed by atoms with Crippen molar-refractivity contribution in [3.63, 3.8) is 0 Å². The van der Waals surface area contributed by atoms with Gasteiger partial charge >= 0.3 is 0 Å². The van der Waals surface area contributed by atoms with E-state index in [1.54, 1.807) is 14.0 Å². The summed E-state index contributed by atoms with van der Waals surface area (Å²) >= 11 is 0. The molecule has 1 atom stereocenters. The molecule has 12 heavy (non-hydrogen) atoms. The maximum Gasteiger partial charge on any atom is 0.140 e. The minimum absolute atomic E-state index is 0.259. The zero-order valence-corrected chi connectivity index (χ0v) is 7.70. The Morgan fingerprint density at radius 2 is 1.92 bits per heavy atom. The van der Waals surface area contributed by atoms with E-state index in [0.29, 0.717) is 13.0 Å². The van der Waals surface area contributed by atoms with E-state index >= 15 is 0 Å². The summed E-state index contributed by atoms with van der Waals surface area (Å²) in [4.78, 5) is 0. The number of methoxy groups -OCH3 is 2. The van der Waals surface area contributed by atoms with Crippen LogP contribution in [0.3, 0.4) is 0 Å². The Labute approximate surface area is 73.3 Å². The molecule has 0 aromatic rings. The molecule has 68 valence electrons. The number of ether oxygens (including phenoxy) is 2. The van der Waals surface area contributed by atoms with Crippen LogP contribution in [0.2, 0.25) is 0 Å². The number of hydrogen-bond acceptors (Lipinski definition) is 4. The van der Waals surface area contributed by atoms with Crippen molar-refractivity contribution in [3.8, 4) is 12.1 Å². The molecule has 0 aliphatic heterocycles. The van der Waals surface area contributed by atoms with Crippen molar-refractivity contribution in [1.82, 2.24) is 0 Å². The standard InChI is InChI=1S/2C4H7NO/c1-4(3-5)6-2;1-6-4-2-3-5/h4H,1-2H3;2,4H2,1H3. The Bertz CT molecular complexity index is 157. The lowest BCUT2D eigenvalue weighted by atomic mass is 10.5. The van der Waals surface area contributed by atoms with E-state index in [9.17, 15) is 0 Å². The molecule has 0 aliphatic rings. The fraction of sp³-hybridized carbons (Fsp3) is 0.750. The molecule has 0 aromatic carbocycles. The van der Waals surface area contributed by atoms with Gasteiger partial charge in [0.05, 0.1) is 25.2 Å². The average molecular weight is 170 g/mol. The predicted octanol–water partition coefficient (Wildman–Crippen LogP) is 1.09. The quantitative estimate of drug-likeness (QED) is 0.595. The van der Waals surface area contributed by atoms with E-state index in [-0.39, 0.29) is 6.10 Å². The van der Waals surface area contributed by atoms with Crippen molar-refractivity contribution < 1.29 is 9.47 Å². The molecule has 4 nitrogen and oxygen atoms in total. The van der Waals surface area contributed by atoms with Crippen molar-refractivity contribution in [3.05, 3.63) is 0 Å². The van der Waals surface area contributed by atoms with E-state index in [2.05, 4.69) is 9.47 Å². The Hall–Kier alpha value is -1.10. The molecule has 0 radical (unpaired) electrons. The van der Waals surface area contributed by atoms with Gasteiger partial charge in [-0.15, -0.1) is 0 Å². The minimum Gasteiger partial charge on any atom is -0.384 e. The zero-order valence-electron chi connectivity index (χ0n) is 7.70. The molecular formula is C8H14N2O2. The Morgan fingerprint density at radius 1 is 1.33 bits per heavy atom. The van der Waals surface area contributed by atoms with Gasteiger partial charge in [-0.1, -0.05) is 0 Å². The van der Waals surface area contributed by atoms with Crippen LogP contribution in [-0.4, -0.2) is 26.9 Å². The number of nitriles is 2. The van der Waals surface area contributed by atoms with Crippen LogP contribution in [-0.2, 0) is 9.47 Å². The van der Waals surface area contributed by atoms with E-state index in [1.165, 1.54) is 7.11 Å². The van der Waals surface area contributed by atoms with Crippen LogP contribution in [0.15, 0.2) is 0 Å². The van der Waals surface area contributed by atoms with Gasteiger partial charge in [0.25, 0.3) is 0 Å². The third-order valence-corrected chi connectivity index (χ3v) is 0.953. The number of nitrogens with zero attached hydrogens (tertiary/aromatic N) is 2.